The predicted molar refractivity (Wildman–Crippen MR) is 73.0 cm³/mol. The van der Waals surface area contributed by atoms with Crippen LogP contribution in [0, 0.1) is 0 Å². The first-order chi connectivity index (χ1) is 8.55. The van der Waals surface area contributed by atoms with Crippen molar-refractivity contribution in [3.63, 3.8) is 0 Å². The van der Waals surface area contributed by atoms with Gasteiger partial charge in [-0.3, -0.25) is 4.79 Å². The number of rotatable bonds is 3. The van der Waals surface area contributed by atoms with Gasteiger partial charge in [0, 0.05) is 17.2 Å². The van der Waals surface area contributed by atoms with E-state index in [9.17, 15) is 13.2 Å². The summed E-state index contributed by atoms with van der Waals surface area (Å²) in [6, 6.07) is 9.56. The zero-order chi connectivity index (χ0) is 13.0. The van der Waals surface area contributed by atoms with Crippen molar-refractivity contribution in [3.8, 4) is 0 Å². The second-order valence-electron chi connectivity index (χ2n) is 3.94. The molecule has 18 heavy (non-hydrogen) atoms. The van der Waals surface area contributed by atoms with E-state index in [1.54, 1.807) is 6.08 Å². The molecule has 1 atom stereocenters. The SMILES string of the molecule is O=C(NCc1ccccc1)S[C@H]1C=CS(=O)(=O)C1. The molecule has 0 radical (unpaired) electrons. The highest BCUT2D eigenvalue weighted by atomic mass is 32.2. The minimum atomic E-state index is -3.09. The lowest BCUT2D eigenvalue weighted by Crippen LogP contribution is -2.21. The maximum Gasteiger partial charge on any atom is 0.279 e. The standard InChI is InChI=1S/C12H13NO3S2/c14-12(13-8-10-4-2-1-3-5-10)17-11-6-7-18(15,16)9-11/h1-7,11H,8-9H2,(H,13,14)/t11-/m0/s1. The van der Waals surface area contributed by atoms with Crippen LogP contribution in [0.1, 0.15) is 5.56 Å². The molecule has 6 heteroatoms. The number of nitrogens with one attached hydrogen (secondary N) is 1. The summed E-state index contributed by atoms with van der Waals surface area (Å²) < 4.78 is 22.3. The van der Waals surface area contributed by atoms with Crippen LogP contribution in [-0.4, -0.2) is 24.7 Å². The fourth-order valence-corrected chi connectivity index (χ4v) is 4.21. The second-order valence-corrected chi connectivity index (χ2v) is 7.08. The molecule has 96 valence electrons. The van der Waals surface area contributed by atoms with Crippen molar-refractivity contribution >= 4 is 26.8 Å². The van der Waals surface area contributed by atoms with Crippen LogP contribution in [0.2, 0.25) is 0 Å². The van der Waals surface area contributed by atoms with Crippen LogP contribution in [0.5, 0.6) is 0 Å². The van der Waals surface area contributed by atoms with Crippen LogP contribution in [0.25, 0.3) is 0 Å². The minimum absolute atomic E-state index is 0.0103. The molecule has 0 aliphatic carbocycles. The van der Waals surface area contributed by atoms with E-state index in [0.717, 1.165) is 17.3 Å². The van der Waals surface area contributed by atoms with Gasteiger partial charge in [-0.15, -0.1) is 0 Å². The highest BCUT2D eigenvalue weighted by Gasteiger charge is 2.24. The molecule has 1 aromatic carbocycles. The Morgan fingerprint density at radius 1 is 1.33 bits per heavy atom. The topological polar surface area (TPSA) is 63.2 Å². The monoisotopic (exact) mass is 283 g/mol. The third-order valence-electron chi connectivity index (χ3n) is 2.44. The fraction of sp³-hybridized carbons (Fsp3) is 0.250. The summed E-state index contributed by atoms with van der Waals surface area (Å²) in [7, 11) is -3.09. The van der Waals surface area contributed by atoms with E-state index >= 15 is 0 Å². The molecule has 1 aliphatic heterocycles. The Bertz CT molecular complexity index is 552. The van der Waals surface area contributed by atoms with Gasteiger partial charge in [0.15, 0.2) is 9.84 Å². The molecule has 4 nitrogen and oxygen atoms in total. The lowest BCUT2D eigenvalue weighted by molar-refractivity contribution is 0.260. The molecular formula is C12H13NO3S2. The Hall–Kier alpha value is -1.27. The molecule has 0 saturated carbocycles. The predicted octanol–water partition coefficient (Wildman–Crippen LogP) is 1.94. The number of sulfone groups is 1. The maximum absolute atomic E-state index is 11.6. The van der Waals surface area contributed by atoms with E-state index in [0.29, 0.717) is 6.54 Å². The zero-order valence-electron chi connectivity index (χ0n) is 9.57. The van der Waals surface area contributed by atoms with Gasteiger partial charge in [-0.25, -0.2) is 8.42 Å². The van der Waals surface area contributed by atoms with Gasteiger partial charge in [-0.2, -0.15) is 0 Å². The lowest BCUT2D eigenvalue weighted by atomic mass is 10.2. The summed E-state index contributed by atoms with van der Waals surface area (Å²) in [4.78, 5) is 11.6. The normalized spacial score (nSPS) is 20.8. The smallest absolute Gasteiger partial charge is 0.279 e. The first-order valence-electron chi connectivity index (χ1n) is 5.44. The molecule has 1 aromatic rings. The molecule has 0 aromatic heterocycles. The van der Waals surface area contributed by atoms with Crippen LogP contribution >= 0.6 is 11.8 Å². The molecule has 1 N–H and O–H groups in total. The number of amides is 1. The van der Waals surface area contributed by atoms with Gasteiger partial charge in [-0.05, 0) is 5.56 Å². The van der Waals surface area contributed by atoms with Gasteiger partial charge in [0.2, 0.25) is 0 Å². The molecule has 0 bridgehead atoms. The summed E-state index contributed by atoms with van der Waals surface area (Å²) in [6.07, 6.45) is 1.56. The molecule has 0 fully saturated rings. The molecule has 1 amide bonds. The summed E-state index contributed by atoms with van der Waals surface area (Å²) in [5.74, 6) is 0.0103. The first-order valence-corrected chi connectivity index (χ1v) is 8.04. The number of hydrogen-bond donors (Lipinski definition) is 1. The third kappa shape index (κ3) is 3.89. The quantitative estimate of drug-likeness (QED) is 0.921. The van der Waals surface area contributed by atoms with Crippen molar-refractivity contribution in [1.82, 2.24) is 5.32 Å². The highest BCUT2D eigenvalue weighted by molar-refractivity contribution is 8.15. The minimum Gasteiger partial charge on any atom is -0.343 e. The van der Waals surface area contributed by atoms with E-state index in [2.05, 4.69) is 5.32 Å². The van der Waals surface area contributed by atoms with Crippen LogP contribution in [-0.2, 0) is 16.4 Å². The Morgan fingerprint density at radius 3 is 2.67 bits per heavy atom. The average Bonchev–Trinajstić information content (AvgIpc) is 2.67. The van der Waals surface area contributed by atoms with Gasteiger partial charge in [0.1, 0.15) is 0 Å². The van der Waals surface area contributed by atoms with Gasteiger partial charge >= 0.3 is 0 Å². The number of carbonyl (C=O) groups excluding carboxylic acids is 1. The van der Waals surface area contributed by atoms with E-state index < -0.39 is 9.84 Å². The zero-order valence-corrected chi connectivity index (χ0v) is 11.2. The van der Waals surface area contributed by atoms with Crippen LogP contribution in [0.15, 0.2) is 41.8 Å². The first kappa shape index (κ1) is 13.2. The molecule has 2 rings (SSSR count). The van der Waals surface area contributed by atoms with E-state index in [-0.39, 0.29) is 16.2 Å². The summed E-state index contributed by atoms with van der Waals surface area (Å²) in [6.45, 7) is 0.454. The van der Waals surface area contributed by atoms with Crippen molar-refractivity contribution in [2.75, 3.05) is 5.75 Å². The Labute approximate surface area is 110 Å². The Kier molecular flexibility index (Phi) is 4.08. The molecule has 1 heterocycles. The van der Waals surface area contributed by atoms with E-state index in [1.165, 1.54) is 5.41 Å². The second kappa shape index (κ2) is 5.58. The van der Waals surface area contributed by atoms with Crippen molar-refractivity contribution in [1.29, 1.82) is 0 Å². The maximum atomic E-state index is 11.6. The van der Waals surface area contributed by atoms with Gasteiger partial charge in [0.05, 0.1) is 5.75 Å². The summed E-state index contributed by atoms with van der Waals surface area (Å²) in [5, 5.41) is 3.45. The van der Waals surface area contributed by atoms with Gasteiger partial charge in [-0.1, -0.05) is 48.2 Å². The van der Waals surface area contributed by atoms with Crippen LogP contribution in [0.4, 0.5) is 4.79 Å². The number of carbonyl (C=O) groups is 1. The average molecular weight is 283 g/mol. The molecule has 0 spiro atoms. The van der Waals surface area contributed by atoms with E-state index in [4.69, 9.17) is 0 Å². The number of benzene rings is 1. The van der Waals surface area contributed by atoms with Crippen LogP contribution in [0.3, 0.4) is 0 Å². The lowest BCUT2D eigenvalue weighted by Gasteiger charge is -2.07. The van der Waals surface area contributed by atoms with Crippen molar-refractivity contribution in [2.45, 2.75) is 11.8 Å². The molecule has 0 saturated heterocycles. The highest BCUT2D eigenvalue weighted by Crippen LogP contribution is 2.21. The van der Waals surface area contributed by atoms with Crippen molar-refractivity contribution in [2.24, 2.45) is 0 Å². The van der Waals surface area contributed by atoms with Crippen LogP contribution < -0.4 is 5.32 Å². The fourth-order valence-electron chi connectivity index (χ4n) is 1.57. The number of hydrogen-bond acceptors (Lipinski definition) is 4. The van der Waals surface area contributed by atoms with E-state index in [1.807, 2.05) is 30.3 Å². The Balaban J connectivity index is 1.79. The van der Waals surface area contributed by atoms with Gasteiger partial charge in [0.25, 0.3) is 5.24 Å². The Morgan fingerprint density at radius 2 is 2.06 bits per heavy atom. The third-order valence-corrected chi connectivity index (χ3v) is 5.03. The largest absolute Gasteiger partial charge is 0.343 e. The van der Waals surface area contributed by atoms with Crippen molar-refractivity contribution < 1.29 is 13.2 Å². The molecular weight excluding hydrogens is 270 g/mol. The summed E-state index contributed by atoms with van der Waals surface area (Å²) >= 11 is 1.01. The van der Waals surface area contributed by atoms with Gasteiger partial charge < -0.3 is 5.32 Å². The molecule has 1 aliphatic rings. The van der Waals surface area contributed by atoms with Crippen molar-refractivity contribution in [3.05, 3.63) is 47.4 Å². The number of thioether (sulfide) groups is 1. The summed E-state index contributed by atoms with van der Waals surface area (Å²) in [5.41, 5.74) is 1.01. The molecule has 0 unspecified atom stereocenters.